The number of nitrogens with zero attached hydrogens (tertiary/aromatic N) is 1. The second-order valence-corrected chi connectivity index (χ2v) is 7.36. The maximum atomic E-state index is 6.35. The van der Waals surface area contributed by atoms with Gasteiger partial charge >= 0.3 is 0 Å². The number of rotatable bonds is 5. The van der Waals surface area contributed by atoms with Crippen LogP contribution in [0.25, 0.3) is 0 Å². The molecule has 0 saturated carbocycles. The number of aryl methyl sites for hydroxylation is 2. The highest BCUT2D eigenvalue weighted by Gasteiger charge is 2.25. The Hall–Kier alpha value is -1.56. The van der Waals surface area contributed by atoms with E-state index in [0.29, 0.717) is 16.7 Å². The van der Waals surface area contributed by atoms with Crippen LogP contribution >= 0.6 is 23.8 Å². The van der Waals surface area contributed by atoms with E-state index in [2.05, 4.69) is 21.6 Å². The van der Waals surface area contributed by atoms with Crippen LogP contribution in [0.2, 0.25) is 5.02 Å². The first kappa shape index (κ1) is 18.2. The maximum absolute atomic E-state index is 6.35. The molecule has 25 heavy (non-hydrogen) atoms. The molecule has 1 aromatic heterocycles. The highest BCUT2D eigenvalue weighted by molar-refractivity contribution is 7.80. The Kier molecular flexibility index (Phi) is 5.99. The van der Waals surface area contributed by atoms with Gasteiger partial charge in [-0.3, -0.25) is 4.90 Å². The molecule has 6 heteroatoms. The fourth-order valence-corrected chi connectivity index (χ4v) is 3.92. The molecule has 3 rings (SSSR count). The van der Waals surface area contributed by atoms with E-state index >= 15 is 0 Å². The molecule has 1 saturated heterocycles. The van der Waals surface area contributed by atoms with E-state index in [1.54, 1.807) is 6.26 Å². The van der Waals surface area contributed by atoms with Gasteiger partial charge in [0.15, 0.2) is 5.11 Å². The summed E-state index contributed by atoms with van der Waals surface area (Å²) >= 11 is 11.8. The van der Waals surface area contributed by atoms with Crippen LogP contribution in [0, 0.1) is 13.8 Å². The fourth-order valence-electron chi connectivity index (χ4n) is 3.36. The molecule has 2 aromatic rings. The Morgan fingerprint density at radius 1 is 1.32 bits per heavy atom. The van der Waals surface area contributed by atoms with Crippen LogP contribution in [0.5, 0.6) is 0 Å². The van der Waals surface area contributed by atoms with E-state index in [1.165, 1.54) is 12.8 Å². The van der Waals surface area contributed by atoms with Crippen molar-refractivity contribution in [3.05, 3.63) is 52.4 Å². The Morgan fingerprint density at radius 2 is 2.08 bits per heavy atom. The molecule has 4 nitrogen and oxygen atoms in total. The monoisotopic (exact) mass is 377 g/mol. The third-order valence-electron chi connectivity index (χ3n) is 4.58. The first-order chi connectivity index (χ1) is 12.0. The maximum Gasteiger partial charge on any atom is 0.170 e. The molecule has 0 unspecified atom stereocenters. The number of nitrogens with one attached hydrogen (secondary N) is 2. The average molecular weight is 378 g/mol. The molecule has 0 amide bonds. The van der Waals surface area contributed by atoms with Gasteiger partial charge in [0.2, 0.25) is 0 Å². The number of hydrogen-bond donors (Lipinski definition) is 2. The molecule has 1 fully saturated rings. The topological polar surface area (TPSA) is 40.4 Å². The third-order valence-corrected chi connectivity index (χ3v) is 5.12. The molecule has 0 bridgehead atoms. The van der Waals surface area contributed by atoms with Crippen LogP contribution in [0.1, 0.15) is 35.8 Å². The van der Waals surface area contributed by atoms with Gasteiger partial charge in [0.25, 0.3) is 0 Å². The molecule has 2 N–H and O–H groups in total. The van der Waals surface area contributed by atoms with Crippen LogP contribution in [0.3, 0.4) is 0 Å². The van der Waals surface area contributed by atoms with Gasteiger partial charge < -0.3 is 15.1 Å². The number of thiocarbonyl (C=S) groups is 1. The summed E-state index contributed by atoms with van der Waals surface area (Å²) in [5, 5.41) is 7.82. The van der Waals surface area contributed by atoms with Crippen molar-refractivity contribution in [3.8, 4) is 0 Å². The van der Waals surface area contributed by atoms with Crippen molar-refractivity contribution in [1.29, 1.82) is 0 Å². The van der Waals surface area contributed by atoms with E-state index in [0.717, 1.165) is 35.7 Å². The summed E-state index contributed by atoms with van der Waals surface area (Å²) in [5.41, 5.74) is 3.08. The number of furan rings is 1. The van der Waals surface area contributed by atoms with Crippen molar-refractivity contribution < 1.29 is 4.42 Å². The third kappa shape index (κ3) is 4.54. The Balaban J connectivity index is 1.64. The number of hydrogen-bond acceptors (Lipinski definition) is 3. The average Bonchev–Trinajstić information content (AvgIpc) is 3.25. The summed E-state index contributed by atoms with van der Waals surface area (Å²) < 4.78 is 5.64. The number of anilines is 1. The predicted molar refractivity (Wildman–Crippen MR) is 107 cm³/mol. The van der Waals surface area contributed by atoms with Gasteiger partial charge in [-0.25, -0.2) is 0 Å². The molecule has 0 radical (unpaired) electrons. The lowest BCUT2D eigenvalue weighted by molar-refractivity contribution is 0.216. The van der Waals surface area contributed by atoms with E-state index < -0.39 is 0 Å². The van der Waals surface area contributed by atoms with Gasteiger partial charge in [-0.05, 0) is 81.3 Å². The van der Waals surface area contributed by atoms with Crippen molar-refractivity contribution in [1.82, 2.24) is 10.2 Å². The summed E-state index contributed by atoms with van der Waals surface area (Å²) in [6, 6.07) is 8.18. The van der Waals surface area contributed by atoms with E-state index in [9.17, 15) is 0 Å². The zero-order valence-electron chi connectivity index (χ0n) is 14.6. The van der Waals surface area contributed by atoms with Gasteiger partial charge in [-0.1, -0.05) is 17.7 Å². The molecular weight excluding hydrogens is 354 g/mol. The van der Waals surface area contributed by atoms with E-state index in [4.69, 9.17) is 28.2 Å². The minimum Gasteiger partial charge on any atom is -0.468 e. The van der Waals surface area contributed by atoms with Crippen molar-refractivity contribution in [2.45, 2.75) is 32.7 Å². The first-order valence-corrected chi connectivity index (χ1v) is 9.42. The largest absolute Gasteiger partial charge is 0.468 e. The number of likely N-dealkylation sites (tertiary alicyclic amines) is 1. The summed E-state index contributed by atoms with van der Waals surface area (Å²) in [6.07, 6.45) is 4.19. The van der Waals surface area contributed by atoms with E-state index in [1.807, 2.05) is 32.0 Å². The molecular formula is C19H24ClN3OS. The highest BCUT2D eigenvalue weighted by atomic mass is 35.5. The first-order valence-electron chi connectivity index (χ1n) is 8.63. The summed E-state index contributed by atoms with van der Waals surface area (Å²) in [4.78, 5) is 2.44. The van der Waals surface area contributed by atoms with Crippen molar-refractivity contribution >= 4 is 34.6 Å². The SMILES string of the molecule is Cc1cc(C)c(NC(=S)NC[C@H](c2ccco2)N2CCCC2)c(Cl)c1. The van der Waals surface area contributed by atoms with Gasteiger partial charge in [0, 0.05) is 6.54 Å². The Labute approximate surface area is 159 Å². The highest BCUT2D eigenvalue weighted by Crippen LogP contribution is 2.28. The molecule has 1 aliphatic heterocycles. The molecule has 2 heterocycles. The van der Waals surface area contributed by atoms with Gasteiger partial charge in [-0.15, -0.1) is 0 Å². The van der Waals surface area contributed by atoms with Crippen molar-refractivity contribution in [2.75, 3.05) is 25.0 Å². The minimum absolute atomic E-state index is 0.187. The zero-order valence-corrected chi connectivity index (χ0v) is 16.2. The van der Waals surface area contributed by atoms with Crippen LogP contribution in [0.4, 0.5) is 5.69 Å². The second kappa shape index (κ2) is 8.21. The minimum atomic E-state index is 0.187. The van der Waals surface area contributed by atoms with Crippen molar-refractivity contribution in [2.24, 2.45) is 0 Å². The lowest BCUT2D eigenvalue weighted by Gasteiger charge is -2.26. The summed E-state index contributed by atoms with van der Waals surface area (Å²) in [5.74, 6) is 0.974. The molecule has 1 aromatic carbocycles. The van der Waals surface area contributed by atoms with Crippen molar-refractivity contribution in [3.63, 3.8) is 0 Å². The summed E-state index contributed by atoms with van der Waals surface area (Å²) in [7, 11) is 0. The van der Waals surface area contributed by atoms with E-state index in [-0.39, 0.29) is 6.04 Å². The van der Waals surface area contributed by atoms with Crippen LogP contribution < -0.4 is 10.6 Å². The molecule has 1 aliphatic rings. The lowest BCUT2D eigenvalue weighted by atomic mass is 10.1. The Morgan fingerprint density at radius 3 is 2.72 bits per heavy atom. The predicted octanol–water partition coefficient (Wildman–Crippen LogP) is 4.67. The smallest absolute Gasteiger partial charge is 0.170 e. The van der Waals surface area contributed by atoms with Crippen LogP contribution in [-0.2, 0) is 0 Å². The number of halogens is 1. The molecule has 1 atom stereocenters. The Bertz CT molecular complexity index is 703. The van der Waals surface area contributed by atoms with Gasteiger partial charge in [0.05, 0.1) is 23.0 Å². The van der Waals surface area contributed by atoms with Gasteiger partial charge in [0.1, 0.15) is 5.76 Å². The number of benzene rings is 1. The second-order valence-electron chi connectivity index (χ2n) is 6.55. The quantitative estimate of drug-likeness (QED) is 0.741. The normalized spacial score (nSPS) is 16.0. The fraction of sp³-hybridized carbons (Fsp3) is 0.421. The van der Waals surface area contributed by atoms with Crippen LogP contribution in [-0.4, -0.2) is 29.6 Å². The van der Waals surface area contributed by atoms with Gasteiger partial charge in [-0.2, -0.15) is 0 Å². The molecule has 0 aliphatic carbocycles. The summed E-state index contributed by atoms with van der Waals surface area (Å²) in [6.45, 7) is 6.94. The standard InChI is InChI=1S/C19H24ClN3OS/c1-13-10-14(2)18(15(20)11-13)22-19(25)21-12-16(17-6-5-9-24-17)23-7-3-4-8-23/h5-6,9-11,16H,3-4,7-8,12H2,1-2H3,(H2,21,22,25)/t16-/m1/s1. The van der Waals surface area contributed by atoms with Crippen LogP contribution in [0.15, 0.2) is 34.9 Å². The zero-order chi connectivity index (χ0) is 17.8. The lowest BCUT2D eigenvalue weighted by Crippen LogP contribution is -2.38. The molecule has 134 valence electrons. The molecule has 0 spiro atoms.